The first kappa shape index (κ1) is 11.6. The van der Waals surface area contributed by atoms with Crippen LogP contribution in [0.5, 0.6) is 0 Å². The monoisotopic (exact) mass is 299 g/mol. The molecule has 0 aliphatic carbocycles. The van der Waals surface area contributed by atoms with Gasteiger partial charge in [0.1, 0.15) is 5.82 Å². The minimum Gasteiger partial charge on any atom is -0.367 e. The number of halogens is 2. The highest BCUT2D eigenvalue weighted by Crippen LogP contribution is 2.26. The average Bonchev–Trinajstić information content (AvgIpc) is 2.65. The van der Waals surface area contributed by atoms with E-state index in [1.165, 1.54) is 10.9 Å². The first-order valence-corrected chi connectivity index (χ1v) is 6.53. The van der Waals surface area contributed by atoms with E-state index in [-0.39, 0.29) is 5.82 Å². The number of anilines is 1. The van der Waals surface area contributed by atoms with E-state index in [1.54, 1.807) is 23.5 Å². The third-order valence-electron chi connectivity index (χ3n) is 2.34. The maximum absolute atomic E-state index is 13.5. The standard InChI is InChI=1S/C12H11BrFNS/c1-15(8-12-9(13)6-7-16-12)11-5-3-2-4-10(11)14/h2-7H,8H2,1H3. The fraction of sp³-hybridized carbons (Fsp3) is 0.167. The highest BCUT2D eigenvalue weighted by atomic mass is 79.9. The van der Waals surface area contributed by atoms with Gasteiger partial charge in [-0.2, -0.15) is 0 Å². The van der Waals surface area contributed by atoms with E-state index in [0.717, 1.165) is 4.47 Å². The van der Waals surface area contributed by atoms with E-state index in [1.807, 2.05) is 29.5 Å². The van der Waals surface area contributed by atoms with E-state index in [0.29, 0.717) is 12.2 Å². The zero-order valence-electron chi connectivity index (χ0n) is 8.78. The number of para-hydroxylation sites is 1. The van der Waals surface area contributed by atoms with Crippen molar-refractivity contribution >= 4 is 33.0 Å². The summed E-state index contributed by atoms with van der Waals surface area (Å²) in [6.45, 7) is 0.708. The molecule has 0 saturated carbocycles. The second-order valence-electron chi connectivity index (χ2n) is 3.50. The topological polar surface area (TPSA) is 3.24 Å². The molecule has 0 aliphatic heterocycles. The summed E-state index contributed by atoms with van der Waals surface area (Å²) in [7, 11) is 1.89. The molecule has 1 aromatic carbocycles. The highest BCUT2D eigenvalue weighted by molar-refractivity contribution is 9.10. The summed E-state index contributed by atoms with van der Waals surface area (Å²) in [4.78, 5) is 3.11. The van der Waals surface area contributed by atoms with Crippen LogP contribution in [-0.2, 0) is 6.54 Å². The van der Waals surface area contributed by atoms with Crippen molar-refractivity contribution < 1.29 is 4.39 Å². The maximum Gasteiger partial charge on any atom is 0.146 e. The Kier molecular flexibility index (Phi) is 3.61. The van der Waals surface area contributed by atoms with Crippen LogP contribution >= 0.6 is 27.3 Å². The van der Waals surface area contributed by atoms with Crippen molar-refractivity contribution in [3.05, 3.63) is 50.9 Å². The van der Waals surface area contributed by atoms with Crippen molar-refractivity contribution in [2.75, 3.05) is 11.9 Å². The predicted octanol–water partition coefficient (Wildman–Crippen LogP) is 4.29. The van der Waals surface area contributed by atoms with Crippen LogP contribution in [0.1, 0.15) is 4.88 Å². The Balaban J connectivity index is 2.18. The molecule has 0 N–H and O–H groups in total. The summed E-state index contributed by atoms with van der Waals surface area (Å²) in [5.41, 5.74) is 0.628. The zero-order valence-corrected chi connectivity index (χ0v) is 11.2. The Hall–Kier alpha value is -0.870. The summed E-state index contributed by atoms with van der Waals surface area (Å²) >= 11 is 5.14. The molecule has 84 valence electrons. The molecule has 1 aromatic heterocycles. The van der Waals surface area contributed by atoms with Crippen LogP contribution in [0.15, 0.2) is 40.2 Å². The number of benzene rings is 1. The molecule has 0 atom stereocenters. The molecule has 0 radical (unpaired) electrons. The van der Waals surface area contributed by atoms with Crippen molar-refractivity contribution in [1.29, 1.82) is 0 Å². The normalized spacial score (nSPS) is 10.4. The minimum absolute atomic E-state index is 0.183. The molecular weight excluding hydrogens is 289 g/mol. The van der Waals surface area contributed by atoms with E-state index in [9.17, 15) is 4.39 Å². The van der Waals surface area contributed by atoms with Crippen molar-refractivity contribution in [3.63, 3.8) is 0 Å². The lowest BCUT2D eigenvalue weighted by Crippen LogP contribution is -2.17. The second kappa shape index (κ2) is 4.97. The highest BCUT2D eigenvalue weighted by Gasteiger charge is 2.09. The zero-order chi connectivity index (χ0) is 11.5. The molecule has 0 amide bonds. The minimum atomic E-state index is -0.183. The molecule has 0 fully saturated rings. The van der Waals surface area contributed by atoms with Crippen LogP contribution in [0.3, 0.4) is 0 Å². The fourth-order valence-electron chi connectivity index (χ4n) is 1.50. The molecule has 0 spiro atoms. The van der Waals surface area contributed by atoms with Crippen LogP contribution in [0, 0.1) is 5.82 Å². The Morgan fingerprint density at radius 2 is 2.06 bits per heavy atom. The molecule has 2 rings (SSSR count). The molecule has 4 heteroatoms. The summed E-state index contributed by atoms with van der Waals surface area (Å²) < 4.78 is 14.6. The van der Waals surface area contributed by atoms with Crippen LogP contribution in [0.2, 0.25) is 0 Å². The molecule has 0 aliphatic rings. The summed E-state index contributed by atoms with van der Waals surface area (Å²) in [6, 6.07) is 8.83. The molecular formula is C12H11BrFNS. The number of thiophene rings is 1. The molecule has 1 heterocycles. The van der Waals surface area contributed by atoms with Crippen LogP contribution in [-0.4, -0.2) is 7.05 Å². The van der Waals surface area contributed by atoms with Crippen molar-refractivity contribution in [2.45, 2.75) is 6.54 Å². The second-order valence-corrected chi connectivity index (χ2v) is 5.35. The van der Waals surface area contributed by atoms with E-state index < -0.39 is 0 Å². The first-order valence-electron chi connectivity index (χ1n) is 4.86. The van der Waals surface area contributed by atoms with Gasteiger partial charge >= 0.3 is 0 Å². The predicted molar refractivity (Wildman–Crippen MR) is 70.5 cm³/mol. The van der Waals surface area contributed by atoms with Crippen LogP contribution < -0.4 is 4.90 Å². The van der Waals surface area contributed by atoms with Gasteiger partial charge in [0, 0.05) is 16.4 Å². The maximum atomic E-state index is 13.5. The first-order chi connectivity index (χ1) is 7.68. The molecule has 16 heavy (non-hydrogen) atoms. The lowest BCUT2D eigenvalue weighted by molar-refractivity contribution is 0.622. The van der Waals surface area contributed by atoms with Gasteiger partial charge in [0.05, 0.1) is 12.2 Å². The summed E-state index contributed by atoms with van der Waals surface area (Å²) in [5.74, 6) is -0.183. The van der Waals surface area contributed by atoms with Gasteiger partial charge in [-0.3, -0.25) is 0 Å². The number of rotatable bonds is 3. The SMILES string of the molecule is CN(Cc1sccc1Br)c1ccccc1F. The summed E-state index contributed by atoms with van der Waals surface area (Å²) in [6.07, 6.45) is 0. The number of hydrogen-bond donors (Lipinski definition) is 0. The quantitative estimate of drug-likeness (QED) is 0.817. The molecule has 1 nitrogen and oxygen atoms in total. The third-order valence-corrected chi connectivity index (χ3v) is 4.25. The third kappa shape index (κ3) is 2.44. The molecule has 0 bridgehead atoms. The van der Waals surface area contributed by atoms with Gasteiger partial charge in [-0.15, -0.1) is 11.3 Å². The van der Waals surface area contributed by atoms with Crippen LogP contribution in [0.4, 0.5) is 10.1 Å². The van der Waals surface area contributed by atoms with Gasteiger partial charge in [0.25, 0.3) is 0 Å². The van der Waals surface area contributed by atoms with Crippen molar-refractivity contribution in [3.8, 4) is 0 Å². The van der Waals surface area contributed by atoms with Crippen LogP contribution in [0.25, 0.3) is 0 Å². The average molecular weight is 300 g/mol. The smallest absolute Gasteiger partial charge is 0.146 e. The van der Waals surface area contributed by atoms with E-state index >= 15 is 0 Å². The lowest BCUT2D eigenvalue weighted by Gasteiger charge is -2.19. The van der Waals surface area contributed by atoms with Gasteiger partial charge in [-0.1, -0.05) is 12.1 Å². The van der Waals surface area contributed by atoms with E-state index in [4.69, 9.17) is 0 Å². The number of nitrogens with zero attached hydrogens (tertiary/aromatic N) is 1. The lowest BCUT2D eigenvalue weighted by atomic mass is 10.3. The van der Waals surface area contributed by atoms with Gasteiger partial charge in [0.2, 0.25) is 0 Å². The van der Waals surface area contributed by atoms with E-state index in [2.05, 4.69) is 15.9 Å². The van der Waals surface area contributed by atoms with Gasteiger partial charge < -0.3 is 4.90 Å². The Labute approximate surface area is 107 Å². The van der Waals surface area contributed by atoms with Crippen molar-refractivity contribution in [2.24, 2.45) is 0 Å². The number of hydrogen-bond acceptors (Lipinski definition) is 2. The fourth-order valence-corrected chi connectivity index (χ4v) is 3.03. The van der Waals surface area contributed by atoms with Gasteiger partial charge in [-0.05, 0) is 39.5 Å². The van der Waals surface area contributed by atoms with Gasteiger partial charge in [-0.25, -0.2) is 4.39 Å². The Morgan fingerprint density at radius 3 is 2.69 bits per heavy atom. The van der Waals surface area contributed by atoms with Gasteiger partial charge in [0.15, 0.2) is 0 Å². The molecule has 0 unspecified atom stereocenters. The Bertz CT molecular complexity index is 483. The summed E-state index contributed by atoms with van der Waals surface area (Å²) in [5, 5.41) is 2.02. The molecule has 2 aromatic rings. The van der Waals surface area contributed by atoms with Crippen molar-refractivity contribution in [1.82, 2.24) is 0 Å². The molecule has 0 saturated heterocycles. The largest absolute Gasteiger partial charge is 0.367 e. The Morgan fingerprint density at radius 1 is 1.31 bits per heavy atom.